The number of benzene rings is 1. The van der Waals surface area contributed by atoms with Gasteiger partial charge in [0.1, 0.15) is 5.75 Å². The van der Waals surface area contributed by atoms with Crippen LogP contribution in [0.15, 0.2) is 46.2 Å². The molecule has 1 N–H and O–H groups in total. The molecule has 19 heavy (non-hydrogen) atoms. The number of ketones is 1. The monoisotopic (exact) mass is 275 g/mol. The van der Waals surface area contributed by atoms with E-state index in [1.54, 1.807) is 37.6 Å². The lowest BCUT2D eigenvalue weighted by Crippen LogP contribution is -2.20. The standard InChI is InChI=1S/C14H13NO3S/c1-15-11(17)8-10(16)12(14(15)19-2)13(18)9-6-4-3-5-7-9/h3-8,16H,1-2H3. The van der Waals surface area contributed by atoms with Crippen LogP contribution in [-0.4, -0.2) is 21.7 Å². The summed E-state index contributed by atoms with van der Waals surface area (Å²) < 4.78 is 1.36. The van der Waals surface area contributed by atoms with Crippen molar-refractivity contribution in [2.75, 3.05) is 6.26 Å². The van der Waals surface area contributed by atoms with E-state index in [2.05, 4.69) is 0 Å². The van der Waals surface area contributed by atoms with E-state index in [1.807, 2.05) is 6.07 Å². The van der Waals surface area contributed by atoms with Crippen LogP contribution >= 0.6 is 11.8 Å². The average Bonchev–Trinajstić information content (AvgIpc) is 2.42. The van der Waals surface area contributed by atoms with Crippen molar-refractivity contribution in [1.82, 2.24) is 4.57 Å². The van der Waals surface area contributed by atoms with Gasteiger partial charge in [0.15, 0.2) is 5.78 Å². The maximum Gasteiger partial charge on any atom is 0.254 e. The molecule has 0 spiro atoms. The van der Waals surface area contributed by atoms with Crippen molar-refractivity contribution in [2.24, 2.45) is 7.05 Å². The van der Waals surface area contributed by atoms with Gasteiger partial charge < -0.3 is 9.67 Å². The summed E-state index contributed by atoms with van der Waals surface area (Å²) in [6.07, 6.45) is 1.76. The highest BCUT2D eigenvalue weighted by atomic mass is 32.2. The van der Waals surface area contributed by atoms with Crippen molar-refractivity contribution < 1.29 is 9.90 Å². The zero-order chi connectivity index (χ0) is 14.0. The Hall–Kier alpha value is -2.01. The number of carbonyl (C=O) groups excluding carboxylic acids is 1. The fourth-order valence-corrected chi connectivity index (χ4v) is 2.61. The van der Waals surface area contributed by atoms with Gasteiger partial charge in [-0.05, 0) is 6.26 Å². The van der Waals surface area contributed by atoms with Crippen LogP contribution in [0.5, 0.6) is 5.75 Å². The maximum absolute atomic E-state index is 12.4. The minimum absolute atomic E-state index is 0.167. The largest absolute Gasteiger partial charge is 0.507 e. The Morgan fingerprint density at radius 2 is 1.89 bits per heavy atom. The predicted octanol–water partition coefficient (Wildman–Crippen LogP) is 2.04. The molecule has 0 unspecified atom stereocenters. The van der Waals surface area contributed by atoms with Gasteiger partial charge in [0.2, 0.25) is 0 Å². The van der Waals surface area contributed by atoms with Crippen molar-refractivity contribution in [3.63, 3.8) is 0 Å². The highest BCUT2D eigenvalue weighted by Crippen LogP contribution is 2.28. The Morgan fingerprint density at radius 3 is 2.47 bits per heavy atom. The number of thioether (sulfide) groups is 1. The van der Waals surface area contributed by atoms with Gasteiger partial charge in [-0.1, -0.05) is 30.3 Å². The molecule has 98 valence electrons. The molecule has 1 aromatic carbocycles. The van der Waals surface area contributed by atoms with E-state index in [0.29, 0.717) is 10.6 Å². The smallest absolute Gasteiger partial charge is 0.254 e. The third-order valence-electron chi connectivity index (χ3n) is 2.82. The summed E-state index contributed by atoms with van der Waals surface area (Å²) in [6.45, 7) is 0. The molecular formula is C14H13NO3S. The molecular weight excluding hydrogens is 262 g/mol. The zero-order valence-electron chi connectivity index (χ0n) is 10.6. The highest BCUT2D eigenvalue weighted by molar-refractivity contribution is 7.98. The van der Waals surface area contributed by atoms with E-state index < -0.39 is 0 Å². The lowest BCUT2D eigenvalue weighted by atomic mass is 10.0. The summed E-state index contributed by atoms with van der Waals surface area (Å²) in [6, 6.07) is 9.74. The second-order valence-electron chi connectivity index (χ2n) is 4.01. The molecule has 1 heterocycles. The summed E-state index contributed by atoms with van der Waals surface area (Å²) in [4.78, 5) is 24.0. The molecule has 2 aromatic rings. The van der Waals surface area contributed by atoms with Gasteiger partial charge in [-0.2, -0.15) is 0 Å². The number of nitrogens with zero attached hydrogens (tertiary/aromatic N) is 1. The second kappa shape index (κ2) is 5.32. The summed E-state index contributed by atoms with van der Waals surface area (Å²) in [7, 11) is 1.58. The molecule has 0 bridgehead atoms. The average molecular weight is 275 g/mol. The van der Waals surface area contributed by atoms with Crippen LogP contribution in [0.3, 0.4) is 0 Å². The molecule has 1 aromatic heterocycles. The summed E-state index contributed by atoms with van der Waals surface area (Å²) in [5.74, 6) is -0.570. The van der Waals surface area contributed by atoms with Crippen molar-refractivity contribution in [2.45, 2.75) is 5.03 Å². The Kier molecular flexibility index (Phi) is 3.76. The Morgan fingerprint density at radius 1 is 1.26 bits per heavy atom. The molecule has 0 saturated carbocycles. The van der Waals surface area contributed by atoms with Crippen molar-refractivity contribution in [3.05, 3.63) is 57.9 Å². The van der Waals surface area contributed by atoms with Crippen LogP contribution in [-0.2, 0) is 7.05 Å². The van der Waals surface area contributed by atoms with Crippen LogP contribution in [0.2, 0.25) is 0 Å². The highest BCUT2D eigenvalue weighted by Gasteiger charge is 2.20. The van der Waals surface area contributed by atoms with Crippen LogP contribution in [0.25, 0.3) is 0 Å². The van der Waals surface area contributed by atoms with Gasteiger partial charge in [-0.3, -0.25) is 9.59 Å². The summed E-state index contributed by atoms with van der Waals surface area (Å²) in [5, 5.41) is 10.4. The molecule has 0 atom stereocenters. The minimum atomic E-state index is -0.341. The molecule has 4 nitrogen and oxygen atoms in total. The first kappa shape index (κ1) is 13.4. The topological polar surface area (TPSA) is 59.3 Å². The van der Waals surface area contributed by atoms with Gasteiger partial charge in [-0.15, -0.1) is 11.8 Å². The number of aromatic hydroxyl groups is 1. The Bertz CT molecular complexity index is 677. The predicted molar refractivity (Wildman–Crippen MR) is 75.0 cm³/mol. The molecule has 0 amide bonds. The number of rotatable bonds is 3. The minimum Gasteiger partial charge on any atom is -0.507 e. The first-order chi connectivity index (χ1) is 9.06. The normalized spacial score (nSPS) is 10.4. The Labute approximate surface area is 114 Å². The first-order valence-electron chi connectivity index (χ1n) is 5.63. The van der Waals surface area contributed by atoms with Gasteiger partial charge in [0.05, 0.1) is 10.6 Å². The first-order valence-corrected chi connectivity index (χ1v) is 6.85. The van der Waals surface area contributed by atoms with E-state index in [0.717, 1.165) is 6.07 Å². The summed E-state index contributed by atoms with van der Waals surface area (Å²) in [5.41, 5.74) is 0.305. The molecule has 0 fully saturated rings. The number of aromatic nitrogens is 1. The van der Waals surface area contributed by atoms with Crippen molar-refractivity contribution >= 4 is 17.5 Å². The molecule has 0 aliphatic carbocycles. The number of hydrogen-bond acceptors (Lipinski definition) is 4. The van der Waals surface area contributed by atoms with E-state index in [9.17, 15) is 14.7 Å². The SMILES string of the molecule is CSc1c(C(=O)c2ccccc2)c(O)cc(=O)n1C. The number of carbonyl (C=O) groups is 1. The molecule has 5 heteroatoms. The van der Waals surface area contributed by atoms with Crippen LogP contribution in [0.1, 0.15) is 15.9 Å². The van der Waals surface area contributed by atoms with Crippen molar-refractivity contribution in [3.8, 4) is 5.75 Å². The fraction of sp³-hybridized carbons (Fsp3) is 0.143. The van der Waals surface area contributed by atoms with E-state index in [-0.39, 0.29) is 22.7 Å². The van der Waals surface area contributed by atoms with E-state index in [4.69, 9.17) is 0 Å². The lowest BCUT2D eigenvalue weighted by Gasteiger charge is -2.12. The molecule has 0 saturated heterocycles. The summed E-state index contributed by atoms with van der Waals surface area (Å²) >= 11 is 1.26. The van der Waals surface area contributed by atoms with Gasteiger partial charge >= 0.3 is 0 Å². The molecule has 0 radical (unpaired) electrons. The number of pyridine rings is 1. The molecule has 2 rings (SSSR count). The Balaban J connectivity index is 2.66. The number of hydrogen-bond donors (Lipinski definition) is 1. The third kappa shape index (κ3) is 2.42. The molecule has 0 aliphatic heterocycles. The fourth-order valence-electron chi connectivity index (χ4n) is 1.85. The second-order valence-corrected chi connectivity index (χ2v) is 4.80. The lowest BCUT2D eigenvalue weighted by molar-refractivity contribution is 0.103. The van der Waals surface area contributed by atoms with E-state index in [1.165, 1.54) is 16.3 Å². The van der Waals surface area contributed by atoms with E-state index >= 15 is 0 Å². The van der Waals surface area contributed by atoms with Gasteiger partial charge in [0, 0.05) is 18.7 Å². The van der Waals surface area contributed by atoms with Crippen LogP contribution in [0.4, 0.5) is 0 Å². The quantitative estimate of drug-likeness (QED) is 0.688. The van der Waals surface area contributed by atoms with Gasteiger partial charge in [0.25, 0.3) is 5.56 Å². The third-order valence-corrected chi connectivity index (χ3v) is 3.69. The molecule has 0 aliphatic rings. The van der Waals surface area contributed by atoms with Gasteiger partial charge in [-0.25, -0.2) is 0 Å². The van der Waals surface area contributed by atoms with Crippen LogP contribution in [0, 0.1) is 0 Å². The zero-order valence-corrected chi connectivity index (χ0v) is 11.4. The van der Waals surface area contributed by atoms with Crippen molar-refractivity contribution in [1.29, 1.82) is 0 Å². The van der Waals surface area contributed by atoms with Crippen LogP contribution < -0.4 is 5.56 Å². The maximum atomic E-state index is 12.4.